The van der Waals surface area contributed by atoms with E-state index in [0.717, 1.165) is 8.26 Å². The lowest BCUT2D eigenvalue weighted by Gasteiger charge is -2.08. The summed E-state index contributed by atoms with van der Waals surface area (Å²) in [5.74, 6) is -1.09. The van der Waals surface area contributed by atoms with Gasteiger partial charge in [0, 0.05) is 9.50 Å². The molecule has 22 heavy (non-hydrogen) atoms. The maximum Gasteiger partial charge on any atom is 0.348 e. The average molecular weight is 488 g/mol. The molecule has 0 aliphatic carbocycles. The standard InChI is InChI=1S/C13H7Br2Cl2NO3S/c14-7-4-10(22-12(7)15)13(20)21-5-11(19)18-9-3-6(16)1-2-8(9)17/h1-4H,5H2,(H,18,19). The van der Waals surface area contributed by atoms with Gasteiger partial charge in [-0.2, -0.15) is 0 Å². The van der Waals surface area contributed by atoms with Gasteiger partial charge in [-0.3, -0.25) is 4.79 Å². The number of hydrogen-bond donors (Lipinski definition) is 1. The molecule has 1 amide bonds. The van der Waals surface area contributed by atoms with Crippen molar-refractivity contribution in [2.24, 2.45) is 0 Å². The van der Waals surface area contributed by atoms with Gasteiger partial charge in [-0.25, -0.2) is 4.79 Å². The second-order valence-corrected chi connectivity index (χ2v) is 8.05. The molecule has 9 heteroatoms. The number of anilines is 1. The van der Waals surface area contributed by atoms with Crippen LogP contribution in [0.2, 0.25) is 10.0 Å². The molecule has 2 aromatic rings. The number of carbonyl (C=O) groups is 2. The Kier molecular flexibility index (Phi) is 6.28. The molecule has 1 aromatic heterocycles. The van der Waals surface area contributed by atoms with Crippen molar-refractivity contribution in [1.82, 2.24) is 0 Å². The topological polar surface area (TPSA) is 55.4 Å². The van der Waals surface area contributed by atoms with Crippen molar-refractivity contribution in [2.45, 2.75) is 0 Å². The van der Waals surface area contributed by atoms with Crippen molar-refractivity contribution in [3.05, 3.63) is 47.4 Å². The number of benzene rings is 1. The van der Waals surface area contributed by atoms with E-state index < -0.39 is 18.5 Å². The van der Waals surface area contributed by atoms with E-state index in [1.165, 1.54) is 17.4 Å². The van der Waals surface area contributed by atoms with Crippen LogP contribution in [0.4, 0.5) is 5.69 Å². The molecule has 0 unspecified atom stereocenters. The Morgan fingerprint density at radius 2 is 1.95 bits per heavy atom. The molecule has 0 saturated heterocycles. The molecule has 0 spiro atoms. The maximum atomic E-state index is 11.8. The van der Waals surface area contributed by atoms with Crippen molar-refractivity contribution >= 4 is 84.0 Å². The van der Waals surface area contributed by atoms with Crippen molar-refractivity contribution in [3.8, 4) is 0 Å². The van der Waals surface area contributed by atoms with Crippen LogP contribution < -0.4 is 5.32 Å². The Labute approximate surface area is 157 Å². The molecule has 1 N–H and O–H groups in total. The van der Waals surface area contributed by atoms with Crippen LogP contribution in [0.15, 0.2) is 32.5 Å². The van der Waals surface area contributed by atoms with Crippen LogP contribution in [0.1, 0.15) is 9.67 Å². The fourth-order valence-electron chi connectivity index (χ4n) is 1.43. The molecule has 1 heterocycles. The van der Waals surface area contributed by atoms with Crippen molar-refractivity contribution in [3.63, 3.8) is 0 Å². The van der Waals surface area contributed by atoms with Crippen LogP contribution in [0.25, 0.3) is 0 Å². The third kappa shape index (κ3) is 4.70. The summed E-state index contributed by atoms with van der Waals surface area (Å²) in [5, 5.41) is 3.30. The van der Waals surface area contributed by atoms with E-state index in [-0.39, 0.29) is 0 Å². The highest BCUT2D eigenvalue weighted by Crippen LogP contribution is 2.32. The predicted molar refractivity (Wildman–Crippen MR) is 95.1 cm³/mol. The summed E-state index contributed by atoms with van der Waals surface area (Å²) in [6.07, 6.45) is 0. The van der Waals surface area contributed by atoms with Gasteiger partial charge in [0.15, 0.2) is 6.61 Å². The summed E-state index contributed by atoms with van der Waals surface area (Å²) < 4.78 is 6.46. The molecular weight excluding hydrogens is 481 g/mol. The van der Waals surface area contributed by atoms with E-state index in [1.807, 2.05) is 0 Å². The lowest BCUT2D eigenvalue weighted by atomic mass is 10.3. The quantitative estimate of drug-likeness (QED) is 0.589. The second-order valence-electron chi connectivity index (χ2n) is 3.98. The highest BCUT2D eigenvalue weighted by molar-refractivity contribution is 9.13. The zero-order chi connectivity index (χ0) is 16.3. The van der Waals surface area contributed by atoms with Gasteiger partial charge in [-0.15, -0.1) is 11.3 Å². The molecule has 0 aliphatic heterocycles. The van der Waals surface area contributed by atoms with Gasteiger partial charge in [0.2, 0.25) is 0 Å². The first kappa shape index (κ1) is 17.7. The largest absolute Gasteiger partial charge is 0.451 e. The smallest absolute Gasteiger partial charge is 0.348 e. The Morgan fingerprint density at radius 3 is 2.59 bits per heavy atom. The first-order valence-electron chi connectivity index (χ1n) is 5.73. The SMILES string of the molecule is O=C(COC(=O)c1cc(Br)c(Br)s1)Nc1cc(Cl)ccc1Cl. The number of hydrogen-bond acceptors (Lipinski definition) is 4. The normalized spacial score (nSPS) is 10.4. The van der Waals surface area contributed by atoms with Crippen LogP contribution in [0, 0.1) is 0 Å². The molecule has 1 aromatic carbocycles. The fraction of sp³-hybridized carbons (Fsp3) is 0.0769. The number of ether oxygens (including phenoxy) is 1. The third-order valence-electron chi connectivity index (χ3n) is 2.38. The molecule has 0 radical (unpaired) electrons. The molecule has 4 nitrogen and oxygen atoms in total. The van der Waals surface area contributed by atoms with Gasteiger partial charge in [-0.1, -0.05) is 23.2 Å². The number of esters is 1. The van der Waals surface area contributed by atoms with E-state index in [4.69, 9.17) is 27.9 Å². The van der Waals surface area contributed by atoms with Crippen LogP contribution in [0.5, 0.6) is 0 Å². The Balaban J connectivity index is 1.92. The Hall–Kier alpha value is -0.600. The van der Waals surface area contributed by atoms with Gasteiger partial charge in [0.1, 0.15) is 4.88 Å². The Bertz CT molecular complexity index is 717. The first-order chi connectivity index (χ1) is 10.4. The number of rotatable bonds is 4. The summed E-state index contributed by atoms with van der Waals surface area (Å²) in [6.45, 7) is -0.422. The third-order valence-corrected chi connectivity index (χ3v) is 6.18. The summed E-state index contributed by atoms with van der Waals surface area (Å²) in [6, 6.07) is 6.29. The molecule has 0 atom stereocenters. The molecule has 2 rings (SSSR count). The summed E-state index contributed by atoms with van der Waals surface area (Å²) >= 11 is 19.5. The number of carbonyl (C=O) groups excluding carboxylic acids is 2. The highest BCUT2D eigenvalue weighted by atomic mass is 79.9. The minimum Gasteiger partial charge on any atom is -0.451 e. The zero-order valence-corrected chi connectivity index (χ0v) is 16.2. The summed E-state index contributed by atoms with van der Waals surface area (Å²) in [7, 11) is 0. The van der Waals surface area contributed by atoms with Gasteiger partial charge in [0.25, 0.3) is 5.91 Å². The van der Waals surface area contributed by atoms with Crippen LogP contribution in [-0.2, 0) is 9.53 Å². The van der Waals surface area contributed by atoms with Gasteiger partial charge in [-0.05, 0) is 56.1 Å². The van der Waals surface area contributed by atoms with Crippen molar-refractivity contribution in [2.75, 3.05) is 11.9 Å². The predicted octanol–water partition coefficient (Wildman–Crippen LogP) is 5.38. The second kappa shape index (κ2) is 7.79. The zero-order valence-electron chi connectivity index (χ0n) is 10.7. The lowest BCUT2D eigenvalue weighted by Crippen LogP contribution is -2.20. The number of nitrogens with one attached hydrogen (secondary N) is 1. The Morgan fingerprint density at radius 1 is 1.23 bits per heavy atom. The van der Waals surface area contributed by atoms with Crippen LogP contribution >= 0.6 is 66.4 Å². The van der Waals surface area contributed by atoms with Crippen LogP contribution in [-0.4, -0.2) is 18.5 Å². The monoisotopic (exact) mass is 485 g/mol. The minimum atomic E-state index is -0.580. The number of thiophene rings is 1. The van der Waals surface area contributed by atoms with Crippen molar-refractivity contribution in [1.29, 1.82) is 0 Å². The molecule has 116 valence electrons. The van der Waals surface area contributed by atoms with E-state index in [2.05, 4.69) is 37.2 Å². The van der Waals surface area contributed by atoms with E-state index >= 15 is 0 Å². The fourth-order valence-corrected chi connectivity index (χ4v) is 3.70. The summed E-state index contributed by atoms with van der Waals surface area (Å²) in [4.78, 5) is 24.0. The average Bonchev–Trinajstić information content (AvgIpc) is 2.80. The van der Waals surface area contributed by atoms with Crippen LogP contribution in [0.3, 0.4) is 0 Å². The number of halogens is 4. The first-order valence-corrected chi connectivity index (χ1v) is 8.89. The highest BCUT2D eigenvalue weighted by Gasteiger charge is 2.15. The van der Waals surface area contributed by atoms with Crippen molar-refractivity contribution < 1.29 is 14.3 Å². The van der Waals surface area contributed by atoms with Gasteiger partial charge in [0.05, 0.1) is 14.5 Å². The maximum absolute atomic E-state index is 11.8. The summed E-state index contributed by atoms with van der Waals surface area (Å²) in [5.41, 5.74) is 0.358. The van der Waals surface area contributed by atoms with Gasteiger partial charge >= 0.3 is 5.97 Å². The van der Waals surface area contributed by atoms with E-state index in [1.54, 1.807) is 18.2 Å². The molecule has 0 fully saturated rings. The molecular formula is C13H7Br2Cl2NO3S. The minimum absolute atomic E-state index is 0.343. The molecule has 0 bridgehead atoms. The number of amides is 1. The molecule has 0 aliphatic rings. The van der Waals surface area contributed by atoms with E-state index in [9.17, 15) is 9.59 Å². The lowest BCUT2D eigenvalue weighted by molar-refractivity contribution is -0.119. The van der Waals surface area contributed by atoms with Gasteiger partial charge < -0.3 is 10.1 Å². The van der Waals surface area contributed by atoms with E-state index in [0.29, 0.717) is 20.6 Å². The molecule has 0 saturated carbocycles.